The highest BCUT2D eigenvalue weighted by Gasteiger charge is 2.38. The van der Waals surface area contributed by atoms with E-state index in [0.717, 1.165) is 0 Å². The standard InChI is InChI=1S/C10H12FN3O3/c1-5-8(11)9(13-4-12-5)14-3-6(15)2-7(14)10(16)17/h4,6-7,15H,2-3H2,1H3,(H,16,17). The van der Waals surface area contributed by atoms with Gasteiger partial charge < -0.3 is 15.1 Å². The number of aromatic nitrogens is 2. The van der Waals surface area contributed by atoms with Gasteiger partial charge in [0, 0.05) is 13.0 Å². The third-order valence-electron chi connectivity index (χ3n) is 2.78. The first-order valence-electron chi connectivity index (χ1n) is 5.15. The minimum atomic E-state index is -1.10. The fraction of sp³-hybridized carbons (Fsp3) is 0.500. The van der Waals surface area contributed by atoms with Crippen LogP contribution in [0.5, 0.6) is 0 Å². The van der Waals surface area contributed by atoms with Gasteiger partial charge in [-0.25, -0.2) is 19.2 Å². The van der Waals surface area contributed by atoms with E-state index < -0.39 is 23.9 Å². The molecule has 0 spiro atoms. The molecule has 1 aromatic heterocycles. The number of carboxylic acids is 1. The molecule has 2 unspecified atom stereocenters. The number of aliphatic hydroxyl groups excluding tert-OH is 1. The molecule has 1 saturated heterocycles. The topological polar surface area (TPSA) is 86.5 Å². The fourth-order valence-corrected chi connectivity index (χ4v) is 1.93. The first-order chi connectivity index (χ1) is 8.00. The smallest absolute Gasteiger partial charge is 0.326 e. The molecule has 0 bridgehead atoms. The zero-order chi connectivity index (χ0) is 12.6. The molecule has 92 valence electrons. The molecule has 0 saturated carbocycles. The van der Waals surface area contributed by atoms with Gasteiger partial charge >= 0.3 is 5.97 Å². The highest BCUT2D eigenvalue weighted by Crippen LogP contribution is 2.26. The van der Waals surface area contributed by atoms with Crippen molar-refractivity contribution in [2.24, 2.45) is 0 Å². The van der Waals surface area contributed by atoms with E-state index in [2.05, 4.69) is 9.97 Å². The maximum atomic E-state index is 13.8. The van der Waals surface area contributed by atoms with E-state index in [0.29, 0.717) is 0 Å². The first kappa shape index (κ1) is 11.7. The van der Waals surface area contributed by atoms with Crippen molar-refractivity contribution in [3.05, 3.63) is 17.8 Å². The van der Waals surface area contributed by atoms with Crippen LogP contribution in [0.25, 0.3) is 0 Å². The molecule has 1 aliphatic heterocycles. The summed E-state index contributed by atoms with van der Waals surface area (Å²) in [5.41, 5.74) is 0.153. The summed E-state index contributed by atoms with van der Waals surface area (Å²) in [6, 6.07) is -0.950. The molecule has 1 aromatic rings. The van der Waals surface area contributed by atoms with Crippen LogP contribution >= 0.6 is 0 Å². The molecule has 2 rings (SSSR count). The molecule has 2 N–H and O–H groups in total. The normalized spacial score (nSPS) is 24.1. The Morgan fingerprint density at radius 2 is 2.29 bits per heavy atom. The monoisotopic (exact) mass is 241 g/mol. The molecule has 6 nitrogen and oxygen atoms in total. The number of anilines is 1. The largest absolute Gasteiger partial charge is 0.480 e. The Morgan fingerprint density at radius 3 is 2.94 bits per heavy atom. The lowest BCUT2D eigenvalue weighted by Crippen LogP contribution is -2.37. The SMILES string of the molecule is Cc1ncnc(N2CC(O)CC2C(=O)O)c1F. The summed E-state index contributed by atoms with van der Waals surface area (Å²) in [6.07, 6.45) is 0.459. The summed E-state index contributed by atoms with van der Waals surface area (Å²) >= 11 is 0. The molecule has 2 atom stereocenters. The summed E-state index contributed by atoms with van der Waals surface area (Å²) in [4.78, 5) is 19.7. The van der Waals surface area contributed by atoms with Gasteiger partial charge in [0.15, 0.2) is 11.6 Å². The predicted molar refractivity (Wildman–Crippen MR) is 56.1 cm³/mol. The zero-order valence-electron chi connectivity index (χ0n) is 9.17. The van der Waals surface area contributed by atoms with Crippen molar-refractivity contribution in [1.82, 2.24) is 9.97 Å². The average Bonchev–Trinajstić information content (AvgIpc) is 2.64. The summed E-state index contributed by atoms with van der Waals surface area (Å²) < 4.78 is 13.8. The van der Waals surface area contributed by atoms with E-state index in [9.17, 15) is 14.3 Å². The van der Waals surface area contributed by atoms with Crippen LogP contribution in [0.2, 0.25) is 0 Å². The Morgan fingerprint density at radius 1 is 1.59 bits per heavy atom. The van der Waals surface area contributed by atoms with E-state index in [1.807, 2.05) is 0 Å². The number of nitrogens with zero attached hydrogens (tertiary/aromatic N) is 3. The van der Waals surface area contributed by atoms with Crippen molar-refractivity contribution < 1.29 is 19.4 Å². The molecule has 0 aromatic carbocycles. The third-order valence-corrected chi connectivity index (χ3v) is 2.78. The number of carboxylic acid groups (broad SMARTS) is 1. The van der Waals surface area contributed by atoms with E-state index in [1.165, 1.54) is 18.2 Å². The van der Waals surface area contributed by atoms with E-state index in [1.54, 1.807) is 0 Å². The lowest BCUT2D eigenvalue weighted by molar-refractivity contribution is -0.138. The highest BCUT2D eigenvalue weighted by atomic mass is 19.1. The summed E-state index contributed by atoms with van der Waals surface area (Å²) in [5, 5.41) is 18.5. The van der Waals surface area contributed by atoms with Gasteiger partial charge in [-0.2, -0.15) is 0 Å². The number of carbonyl (C=O) groups is 1. The van der Waals surface area contributed by atoms with Crippen LogP contribution in [0.1, 0.15) is 12.1 Å². The van der Waals surface area contributed by atoms with Gasteiger partial charge in [-0.15, -0.1) is 0 Å². The van der Waals surface area contributed by atoms with Crippen LogP contribution in [0.3, 0.4) is 0 Å². The molecule has 1 fully saturated rings. The number of hydrogen-bond donors (Lipinski definition) is 2. The maximum absolute atomic E-state index is 13.8. The minimum absolute atomic E-state index is 0.0599. The number of aliphatic carboxylic acids is 1. The summed E-state index contributed by atoms with van der Waals surface area (Å²) in [7, 11) is 0. The van der Waals surface area contributed by atoms with Crippen LogP contribution < -0.4 is 4.90 Å². The maximum Gasteiger partial charge on any atom is 0.326 e. The van der Waals surface area contributed by atoms with Crippen LogP contribution in [-0.4, -0.2) is 44.8 Å². The Kier molecular flexibility index (Phi) is 2.93. The number of β-amino-alcohol motifs (C(OH)–C–C–N with tert-alkyl or cyclic N) is 1. The van der Waals surface area contributed by atoms with Crippen LogP contribution in [0.4, 0.5) is 10.2 Å². The Balaban J connectivity index is 2.38. The van der Waals surface area contributed by atoms with Crippen LogP contribution in [0.15, 0.2) is 6.33 Å². The van der Waals surface area contributed by atoms with Gasteiger partial charge in [-0.05, 0) is 6.92 Å². The van der Waals surface area contributed by atoms with Gasteiger partial charge in [0.05, 0.1) is 11.8 Å². The van der Waals surface area contributed by atoms with Crippen molar-refractivity contribution in [2.75, 3.05) is 11.4 Å². The fourth-order valence-electron chi connectivity index (χ4n) is 1.93. The van der Waals surface area contributed by atoms with E-state index in [4.69, 9.17) is 5.11 Å². The van der Waals surface area contributed by atoms with Gasteiger partial charge in [-0.3, -0.25) is 0 Å². The minimum Gasteiger partial charge on any atom is -0.480 e. The molecule has 0 aliphatic carbocycles. The highest BCUT2D eigenvalue weighted by molar-refractivity contribution is 5.78. The van der Waals surface area contributed by atoms with Crippen molar-refractivity contribution in [3.8, 4) is 0 Å². The number of aliphatic hydroxyl groups is 1. The molecular weight excluding hydrogens is 229 g/mol. The molecule has 17 heavy (non-hydrogen) atoms. The molecule has 0 radical (unpaired) electrons. The number of rotatable bonds is 2. The average molecular weight is 241 g/mol. The molecule has 2 heterocycles. The van der Waals surface area contributed by atoms with Gasteiger partial charge in [0.2, 0.25) is 0 Å². The molecule has 1 aliphatic rings. The van der Waals surface area contributed by atoms with Gasteiger partial charge in [0.1, 0.15) is 12.4 Å². The molecule has 7 heteroatoms. The van der Waals surface area contributed by atoms with Crippen molar-refractivity contribution in [1.29, 1.82) is 0 Å². The molecular formula is C10H12FN3O3. The predicted octanol–water partition coefficient (Wildman–Crippen LogP) is -0.0517. The Labute approximate surface area is 96.7 Å². The quantitative estimate of drug-likeness (QED) is 0.754. The Bertz CT molecular complexity index is 454. The summed E-state index contributed by atoms with van der Waals surface area (Å²) in [6.45, 7) is 1.53. The van der Waals surface area contributed by atoms with Crippen molar-refractivity contribution in [2.45, 2.75) is 25.5 Å². The first-order valence-corrected chi connectivity index (χ1v) is 5.15. The molecule has 0 amide bonds. The number of hydrogen-bond acceptors (Lipinski definition) is 5. The second-order valence-electron chi connectivity index (χ2n) is 3.99. The number of aryl methyl sites for hydroxylation is 1. The van der Waals surface area contributed by atoms with E-state index in [-0.39, 0.29) is 24.5 Å². The second kappa shape index (κ2) is 4.25. The third kappa shape index (κ3) is 2.05. The Hall–Kier alpha value is -1.76. The van der Waals surface area contributed by atoms with Crippen molar-refractivity contribution >= 4 is 11.8 Å². The second-order valence-corrected chi connectivity index (χ2v) is 3.99. The lowest BCUT2D eigenvalue weighted by atomic mass is 10.2. The van der Waals surface area contributed by atoms with Gasteiger partial charge in [-0.1, -0.05) is 0 Å². The van der Waals surface area contributed by atoms with Crippen molar-refractivity contribution in [3.63, 3.8) is 0 Å². The van der Waals surface area contributed by atoms with Gasteiger partial charge in [0.25, 0.3) is 0 Å². The zero-order valence-corrected chi connectivity index (χ0v) is 9.17. The van der Waals surface area contributed by atoms with Crippen LogP contribution in [0, 0.1) is 12.7 Å². The lowest BCUT2D eigenvalue weighted by Gasteiger charge is -2.22. The summed E-state index contributed by atoms with van der Waals surface area (Å²) in [5.74, 6) is -1.81. The van der Waals surface area contributed by atoms with E-state index >= 15 is 0 Å². The van der Waals surface area contributed by atoms with Crippen LogP contribution in [-0.2, 0) is 4.79 Å². The number of halogens is 1.